The normalized spacial score (nSPS) is 10.5. The van der Waals surface area contributed by atoms with Gasteiger partial charge in [0.15, 0.2) is 0 Å². The molecule has 0 saturated heterocycles. The maximum atomic E-state index is 13.8. The fourth-order valence-electron chi connectivity index (χ4n) is 3.03. The number of rotatable bonds is 5. The lowest BCUT2D eigenvalue weighted by atomic mass is 10.0. The maximum Gasteiger partial charge on any atom is 0.259 e. The van der Waals surface area contributed by atoms with Crippen molar-refractivity contribution in [3.05, 3.63) is 56.6 Å². The van der Waals surface area contributed by atoms with Crippen molar-refractivity contribution in [2.24, 2.45) is 0 Å². The third-order valence-corrected chi connectivity index (χ3v) is 4.81. The molecule has 0 radical (unpaired) electrons. The Morgan fingerprint density at radius 2 is 1.81 bits per heavy atom. The van der Waals surface area contributed by atoms with Crippen molar-refractivity contribution >= 4 is 23.2 Å². The molecule has 26 heavy (non-hydrogen) atoms. The molecule has 136 valence electrons. The van der Waals surface area contributed by atoms with Gasteiger partial charge in [-0.2, -0.15) is 0 Å². The van der Waals surface area contributed by atoms with Gasteiger partial charge in [0.25, 0.3) is 5.91 Å². The summed E-state index contributed by atoms with van der Waals surface area (Å²) < 4.78 is 13.8. The number of carbonyl (C=O) groups excluding carboxylic acids is 1. The van der Waals surface area contributed by atoms with Gasteiger partial charge in [-0.05, 0) is 49.9 Å². The summed E-state index contributed by atoms with van der Waals surface area (Å²) in [5, 5.41) is 3.24. The largest absolute Gasteiger partial charge is 0.321 e. The Bertz CT molecular complexity index is 875. The van der Waals surface area contributed by atoms with E-state index in [2.05, 4.69) is 16.2 Å². The summed E-state index contributed by atoms with van der Waals surface area (Å²) in [5.41, 5.74) is 4.35. The molecule has 3 nitrogen and oxygen atoms in total. The number of hydrogen-bond acceptors (Lipinski definition) is 2. The molecular weight excluding hydrogens is 351 g/mol. The molecule has 1 amide bonds. The molecule has 0 bridgehead atoms. The smallest absolute Gasteiger partial charge is 0.259 e. The van der Waals surface area contributed by atoms with Crippen molar-refractivity contribution in [3.63, 3.8) is 0 Å². The molecule has 0 fully saturated rings. The highest BCUT2D eigenvalue weighted by atomic mass is 35.5. The molecule has 0 saturated carbocycles. The van der Waals surface area contributed by atoms with E-state index in [0.29, 0.717) is 52.5 Å². The molecule has 0 unspecified atom stereocenters. The molecule has 1 heterocycles. The minimum Gasteiger partial charge on any atom is -0.321 e. The van der Waals surface area contributed by atoms with Crippen molar-refractivity contribution in [2.45, 2.75) is 47.0 Å². The highest BCUT2D eigenvalue weighted by Gasteiger charge is 2.21. The third kappa shape index (κ3) is 3.89. The Hall–Kier alpha value is -2.38. The Labute approximate surface area is 159 Å². The van der Waals surface area contributed by atoms with E-state index >= 15 is 0 Å². The van der Waals surface area contributed by atoms with E-state index in [1.54, 1.807) is 6.92 Å². The summed E-state index contributed by atoms with van der Waals surface area (Å²) in [5.74, 6) is 1.87. The first-order valence-electron chi connectivity index (χ1n) is 8.55. The zero-order valence-corrected chi connectivity index (χ0v) is 16.2. The summed E-state index contributed by atoms with van der Waals surface area (Å²) in [6.07, 6.45) is 6.90. The van der Waals surface area contributed by atoms with Crippen LogP contribution in [0.3, 0.4) is 0 Å². The fourth-order valence-corrected chi connectivity index (χ4v) is 3.46. The summed E-state index contributed by atoms with van der Waals surface area (Å²) in [6, 6.07) is 2.89. The van der Waals surface area contributed by atoms with Crippen LogP contribution in [0.5, 0.6) is 0 Å². The number of halogens is 2. The Morgan fingerprint density at radius 3 is 2.31 bits per heavy atom. The second-order valence-electron chi connectivity index (χ2n) is 6.09. The van der Waals surface area contributed by atoms with Gasteiger partial charge in [-0.3, -0.25) is 9.78 Å². The van der Waals surface area contributed by atoms with Crippen LogP contribution in [0.4, 0.5) is 10.1 Å². The Balaban J connectivity index is 2.53. The first-order valence-corrected chi connectivity index (χ1v) is 8.93. The van der Waals surface area contributed by atoms with Crippen LogP contribution in [0.2, 0.25) is 5.02 Å². The van der Waals surface area contributed by atoms with Gasteiger partial charge < -0.3 is 5.32 Å². The molecule has 1 aromatic carbocycles. The fraction of sp³-hybridized carbons (Fsp3) is 0.333. The van der Waals surface area contributed by atoms with Gasteiger partial charge in [0.1, 0.15) is 5.82 Å². The van der Waals surface area contributed by atoms with E-state index in [1.165, 1.54) is 12.1 Å². The standard InChI is InChI=1S/C21H22ClFN2O/c1-6-9-17-12(4)24-13(5)18(19(17)22)21(26)25-20-14(7-2)10-16(23)11-15(20)8-3/h1,10-11H,7-9H2,2-5H3,(H,25,26). The van der Waals surface area contributed by atoms with Crippen molar-refractivity contribution in [1.82, 2.24) is 4.98 Å². The number of hydrogen-bond donors (Lipinski definition) is 1. The van der Waals surface area contributed by atoms with Crippen LogP contribution in [0, 0.1) is 32.0 Å². The monoisotopic (exact) mass is 372 g/mol. The lowest BCUT2D eigenvalue weighted by molar-refractivity contribution is 0.102. The maximum absolute atomic E-state index is 13.8. The molecule has 0 spiro atoms. The molecule has 1 aromatic heterocycles. The quantitative estimate of drug-likeness (QED) is 0.747. The number of nitrogens with zero attached hydrogens (tertiary/aromatic N) is 1. The Kier molecular flexibility index (Phi) is 6.39. The van der Waals surface area contributed by atoms with Crippen molar-refractivity contribution in [1.29, 1.82) is 0 Å². The second-order valence-corrected chi connectivity index (χ2v) is 6.47. The van der Waals surface area contributed by atoms with E-state index < -0.39 is 0 Å². The number of aromatic nitrogens is 1. The first-order chi connectivity index (χ1) is 12.3. The van der Waals surface area contributed by atoms with Crippen LogP contribution in [0.15, 0.2) is 12.1 Å². The zero-order chi connectivity index (χ0) is 19.4. The number of amides is 1. The molecule has 2 rings (SSSR count). The predicted molar refractivity (Wildman–Crippen MR) is 104 cm³/mol. The molecule has 0 atom stereocenters. The lowest BCUT2D eigenvalue weighted by Crippen LogP contribution is -2.19. The van der Waals surface area contributed by atoms with Gasteiger partial charge in [-0.15, -0.1) is 12.3 Å². The third-order valence-electron chi connectivity index (χ3n) is 4.39. The van der Waals surface area contributed by atoms with Crippen LogP contribution in [-0.2, 0) is 19.3 Å². The van der Waals surface area contributed by atoms with Crippen molar-refractivity contribution in [2.75, 3.05) is 5.32 Å². The van der Waals surface area contributed by atoms with E-state index in [0.717, 1.165) is 11.1 Å². The zero-order valence-electron chi connectivity index (χ0n) is 15.5. The summed E-state index contributed by atoms with van der Waals surface area (Å²) >= 11 is 6.48. The number of aryl methyl sites for hydroxylation is 4. The van der Waals surface area contributed by atoms with Gasteiger partial charge in [-0.25, -0.2) is 4.39 Å². The van der Waals surface area contributed by atoms with Crippen molar-refractivity contribution < 1.29 is 9.18 Å². The topological polar surface area (TPSA) is 42.0 Å². The number of benzene rings is 1. The number of anilines is 1. The van der Waals surface area contributed by atoms with Gasteiger partial charge in [0, 0.05) is 23.4 Å². The lowest BCUT2D eigenvalue weighted by Gasteiger charge is -2.17. The number of carbonyl (C=O) groups is 1. The van der Waals surface area contributed by atoms with E-state index in [1.807, 2.05) is 20.8 Å². The number of terminal acetylenes is 1. The van der Waals surface area contributed by atoms with Crippen LogP contribution in [0.1, 0.15) is 52.3 Å². The highest BCUT2D eigenvalue weighted by Crippen LogP contribution is 2.29. The van der Waals surface area contributed by atoms with E-state index in [-0.39, 0.29) is 11.7 Å². The van der Waals surface area contributed by atoms with Gasteiger partial charge in [0.2, 0.25) is 0 Å². The van der Waals surface area contributed by atoms with Gasteiger partial charge in [0.05, 0.1) is 16.3 Å². The summed E-state index contributed by atoms with van der Waals surface area (Å²) in [6.45, 7) is 7.39. The van der Waals surface area contributed by atoms with Crippen LogP contribution in [0.25, 0.3) is 0 Å². The minimum atomic E-state index is -0.366. The van der Waals surface area contributed by atoms with E-state index in [9.17, 15) is 9.18 Å². The second kappa shape index (κ2) is 8.33. The summed E-state index contributed by atoms with van der Waals surface area (Å²) in [4.78, 5) is 17.4. The van der Waals surface area contributed by atoms with Gasteiger partial charge >= 0.3 is 0 Å². The highest BCUT2D eigenvalue weighted by molar-refractivity contribution is 6.35. The summed E-state index contributed by atoms with van der Waals surface area (Å²) in [7, 11) is 0. The van der Waals surface area contributed by atoms with Crippen LogP contribution in [-0.4, -0.2) is 10.9 Å². The van der Waals surface area contributed by atoms with Crippen LogP contribution < -0.4 is 5.32 Å². The SMILES string of the molecule is C#CCc1c(C)nc(C)c(C(=O)Nc2c(CC)cc(F)cc2CC)c1Cl. The molecule has 0 aliphatic carbocycles. The number of pyridine rings is 1. The van der Waals surface area contributed by atoms with E-state index in [4.69, 9.17) is 18.0 Å². The van der Waals surface area contributed by atoms with Crippen LogP contribution >= 0.6 is 11.6 Å². The van der Waals surface area contributed by atoms with Crippen molar-refractivity contribution in [3.8, 4) is 12.3 Å². The Morgan fingerprint density at radius 1 is 1.23 bits per heavy atom. The minimum absolute atomic E-state index is 0.301. The molecule has 0 aliphatic rings. The molecule has 5 heteroatoms. The molecule has 0 aliphatic heterocycles. The predicted octanol–water partition coefficient (Wildman–Crippen LogP) is 5.04. The average molecular weight is 373 g/mol. The molecule has 1 N–H and O–H groups in total. The number of nitrogens with one attached hydrogen (secondary N) is 1. The molecule has 2 aromatic rings. The average Bonchev–Trinajstić information content (AvgIpc) is 2.59. The molecular formula is C21H22ClFN2O. The van der Waals surface area contributed by atoms with Gasteiger partial charge in [-0.1, -0.05) is 25.4 Å². The first kappa shape index (κ1) is 19.9.